The number of hydrogen-bond donors (Lipinski definition) is 0. The number of thioether (sulfide) groups is 1. The maximum atomic E-state index is 12.5. The van der Waals surface area contributed by atoms with Crippen molar-refractivity contribution in [3.63, 3.8) is 0 Å². The lowest BCUT2D eigenvalue weighted by Gasteiger charge is -2.29. The zero-order chi connectivity index (χ0) is 15.4. The molecule has 1 heterocycles. The SMILES string of the molecule is O=C(CSCc1ccccc1Cl)N1CCCc2ccccc21. The van der Waals surface area contributed by atoms with Crippen molar-refractivity contribution in [1.82, 2.24) is 0 Å². The molecular weight excluding hydrogens is 314 g/mol. The predicted molar refractivity (Wildman–Crippen MR) is 94.7 cm³/mol. The van der Waals surface area contributed by atoms with Gasteiger partial charge in [-0.3, -0.25) is 4.79 Å². The summed E-state index contributed by atoms with van der Waals surface area (Å²) in [6.45, 7) is 0.822. The molecule has 0 spiro atoms. The molecule has 1 aliphatic rings. The summed E-state index contributed by atoms with van der Waals surface area (Å²) in [5.41, 5.74) is 3.44. The maximum absolute atomic E-state index is 12.5. The molecule has 2 nitrogen and oxygen atoms in total. The Kier molecular flexibility index (Phi) is 5.06. The lowest BCUT2D eigenvalue weighted by Crippen LogP contribution is -2.36. The van der Waals surface area contributed by atoms with E-state index in [-0.39, 0.29) is 5.91 Å². The number of carbonyl (C=O) groups is 1. The van der Waals surface area contributed by atoms with Gasteiger partial charge >= 0.3 is 0 Å². The molecule has 22 heavy (non-hydrogen) atoms. The lowest BCUT2D eigenvalue weighted by molar-refractivity contribution is -0.116. The molecule has 0 atom stereocenters. The molecule has 0 fully saturated rings. The molecule has 4 heteroatoms. The second-order valence-corrected chi connectivity index (χ2v) is 6.75. The van der Waals surface area contributed by atoms with Crippen LogP contribution in [0.4, 0.5) is 5.69 Å². The Balaban J connectivity index is 1.60. The largest absolute Gasteiger partial charge is 0.311 e. The number of amides is 1. The van der Waals surface area contributed by atoms with E-state index < -0.39 is 0 Å². The smallest absolute Gasteiger partial charge is 0.236 e. The van der Waals surface area contributed by atoms with Gasteiger partial charge in [0.1, 0.15) is 0 Å². The van der Waals surface area contributed by atoms with Crippen LogP contribution in [0.5, 0.6) is 0 Å². The predicted octanol–water partition coefficient (Wildman–Crippen LogP) is 4.55. The number of anilines is 1. The van der Waals surface area contributed by atoms with Gasteiger partial charge in [0.2, 0.25) is 5.91 Å². The van der Waals surface area contributed by atoms with E-state index in [4.69, 9.17) is 11.6 Å². The highest BCUT2D eigenvalue weighted by molar-refractivity contribution is 7.99. The van der Waals surface area contributed by atoms with Gasteiger partial charge in [-0.05, 0) is 36.1 Å². The summed E-state index contributed by atoms with van der Waals surface area (Å²) < 4.78 is 0. The molecule has 0 radical (unpaired) electrons. The number of fused-ring (bicyclic) bond motifs is 1. The van der Waals surface area contributed by atoms with Crippen LogP contribution in [0.15, 0.2) is 48.5 Å². The highest BCUT2D eigenvalue weighted by atomic mass is 35.5. The Bertz CT molecular complexity index is 674. The first-order chi connectivity index (χ1) is 10.8. The van der Waals surface area contributed by atoms with Gasteiger partial charge in [-0.25, -0.2) is 0 Å². The zero-order valence-electron chi connectivity index (χ0n) is 12.3. The number of hydrogen-bond acceptors (Lipinski definition) is 2. The van der Waals surface area contributed by atoms with Crippen LogP contribution in [0, 0.1) is 0 Å². The second kappa shape index (κ2) is 7.21. The summed E-state index contributed by atoms with van der Waals surface area (Å²) in [5, 5.41) is 0.769. The third-order valence-corrected chi connectivity index (χ3v) is 5.19. The van der Waals surface area contributed by atoms with E-state index in [0.717, 1.165) is 41.4 Å². The fraction of sp³-hybridized carbons (Fsp3) is 0.278. The van der Waals surface area contributed by atoms with E-state index in [9.17, 15) is 4.79 Å². The molecule has 1 amide bonds. The summed E-state index contributed by atoms with van der Waals surface area (Å²) in [4.78, 5) is 14.4. The van der Waals surface area contributed by atoms with Crippen molar-refractivity contribution in [1.29, 1.82) is 0 Å². The first-order valence-corrected chi connectivity index (χ1v) is 8.98. The molecule has 0 aliphatic carbocycles. The van der Waals surface area contributed by atoms with Crippen LogP contribution in [0.2, 0.25) is 5.02 Å². The molecule has 0 saturated carbocycles. The fourth-order valence-electron chi connectivity index (χ4n) is 2.73. The van der Waals surface area contributed by atoms with Crippen molar-refractivity contribution < 1.29 is 4.79 Å². The lowest BCUT2D eigenvalue weighted by atomic mass is 10.0. The van der Waals surface area contributed by atoms with Crippen molar-refractivity contribution in [3.8, 4) is 0 Å². The van der Waals surface area contributed by atoms with E-state index in [1.807, 2.05) is 47.4 Å². The molecule has 0 saturated heterocycles. The first-order valence-electron chi connectivity index (χ1n) is 7.45. The van der Waals surface area contributed by atoms with E-state index in [1.54, 1.807) is 11.8 Å². The summed E-state index contributed by atoms with van der Waals surface area (Å²) in [7, 11) is 0. The van der Waals surface area contributed by atoms with Gasteiger partial charge in [-0.15, -0.1) is 11.8 Å². The molecule has 0 unspecified atom stereocenters. The average Bonchev–Trinajstić information content (AvgIpc) is 2.56. The molecule has 0 N–H and O–H groups in total. The van der Waals surface area contributed by atoms with Gasteiger partial charge in [-0.1, -0.05) is 48.0 Å². The van der Waals surface area contributed by atoms with Crippen molar-refractivity contribution in [2.75, 3.05) is 17.2 Å². The van der Waals surface area contributed by atoms with Gasteiger partial charge in [0.05, 0.1) is 5.75 Å². The highest BCUT2D eigenvalue weighted by Gasteiger charge is 2.21. The van der Waals surface area contributed by atoms with Gasteiger partial charge < -0.3 is 4.90 Å². The summed E-state index contributed by atoms with van der Waals surface area (Å²) in [6.07, 6.45) is 2.10. The number of carbonyl (C=O) groups excluding carboxylic acids is 1. The van der Waals surface area contributed by atoms with Crippen LogP contribution in [-0.2, 0) is 17.0 Å². The molecule has 0 aromatic heterocycles. The van der Waals surface area contributed by atoms with Crippen LogP contribution in [-0.4, -0.2) is 18.2 Å². The number of halogens is 1. The minimum absolute atomic E-state index is 0.184. The minimum atomic E-state index is 0.184. The van der Waals surface area contributed by atoms with Crippen molar-refractivity contribution in [3.05, 3.63) is 64.7 Å². The Labute approximate surface area is 140 Å². The molecule has 2 aromatic carbocycles. The van der Waals surface area contributed by atoms with E-state index in [0.29, 0.717) is 5.75 Å². The number of aryl methyl sites for hydroxylation is 1. The summed E-state index contributed by atoms with van der Waals surface area (Å²) in [6, 6.07) is 16.0. The number of rotatable bonds is 4. The summed E-state index contributed by atoms with van der Waals surface area (Å²) in [5.74, 6) is 1.43. The van der Waals surface area contributed by atoms with Crippen LogP contribution >= 0.6 is 23.4 Å². The van der Waals surface area contributed by atoms with Crippen LogP contribution in [0.3, 0.4) is 0 Å². The number of para-hydroxylation sites is 1. The van der Waals surface area contributed by atoms with Crippen LogP contribution in [0.25, 0.3) is 0 Å². The molecule has 0 bridgehead atoms. The molecule has 114 valence electrons. The normalized spacial score (nSPS) is 13.8. The maximum Gasteiger partial charge on any atom is 0.236 e. The van der Waals surface area contributed by atoms with Crippen LogP contribution in [0.1, 0.15) is 17.5 Å². The van der Waals surface area contributed by atoms with E-state index in [1.165, 1.54) is 5.56 Å². The molecule has 1 aliphatic heterocycles. The Morgan fingerprint density at radius 3 is 2.77 bits per heavy atom. The Hall–Kier alpha value is -1.45. The van der Waals surface area contributed by atoms with Gasteiger partial charge in [0.25, 0.3) is 0 Å². The van der Waals surface area contributed by atoms with Crippen molar-refractivity contribution in [2.45, 2.75) is 18.6 Å². The zero-order valence-corrected chi connectivity index (χ0v) is 13.9. The van der Waals surface area contributed by atoms with Crippen molar-refractivity contribution >= 4 is 35.0 Å². The van der Waals surface area contributed by atoms with E-state index >= 15 is 0 Å². The Morgan fingerprint density at radius 2 is 1.91 bits per heavy atom. The van der Waals surface area contributed by atoms with Gasteiger partial charge in [-0.2, -0.15) is 0 Å². The fourth-order valence-corrected chi connectivity index (χ4v) is 3.92. The van der Waals surface area contributed by atoms with E-state index in [2.05, 4.69) is 6.07 Å². The third-order valence-electron chi connectivity index (χ3n) is 3.85. The average molecular weight is 332 g/mol. The summed E-state index contributed by atoms with van der Waals surface area (Å²) >= 11 is 7.77. The molecular formula is C18H18ClNOS. The highest BCUT2D eigenvalue weighted by Crippen LogP contribution is 2.28. The quantitative estimate of drug-likeness (QED) is 0.819. The van der Waals surface area contributed by atoms with Crippen molar-refractivity contribution in [2.24, 2.45) is 0 Å². The third kappa shape index (κ3) is 3.47. The monoisotopic (exact) mass is 331 g/mol. The molecule has 2 aromatic rings. The molecule has 3 rings (SSSR count). The Morgan fingerprint density at radius 1 is 1.14 bits per heavy atom. The minimum Gasteiger partial charge on any atom is -0.311 e. The van der Waals surface area contributed by atoms with Crippen LogP contribution < -0.4 is 4.90 Å². The van der Waals surface area contributed by atoms with Gasteiger partial charge in [0.15, 0.2) is 0 Å². The first kappa shape index (κ1) is 15.4. The standard InChI is InChI=1S/C18H18ClNOS/c19-16-9-3-1-7-15(16)12-22-13-18(21)20-11-5-8-14-6-2-4-10-17(14)20/h1-4,6-7,9-10H,5,8,11-13H2. The topological polar surface area (TPSA) is 20.3 Å². The van der Waals surface area contributed by atoms with Gasteiger partial charge in [0, 0.05) is 23.0 Å². The number of benzene rings is 2. The number of nitrogens with zero attached hydrogens (tertiary/aromatic N) is 1. The second-order valence-electron chi connectivity index (χ2n) is 5.36.